The van der Waals surface area contributed by atoms with Crippen molar-refractivity contribution in [2.24, 2.45) is 11.7 Å². The average molecular weight is 301 g/mol. The first-order valence-corrected chi connectivity index (χ1v) is 8.53. The van der Waals surface area contributed by atoms with Crippen molar-refractivity contribution in [2.45, 2.75) is 30.4 Å². The van der Waals surface area contributed by atoms with E-state index in [2.05, 4.69) is 16.5 Å². The molecule has 0 atom stereocenters. The van der Waals surface area contributed by atoms with E-state index >= 15 is 0 Å². The molecule has 108 valence electrons. The van der Waals surface area contributed by atoms with Gasteiger partial charge in [0.15, 0.2) is 0 Å². The van der Waals surface area contributed by atoms with Gasteiger partial charge in [0.1, 0.15) is 0 Å². The van der Waals surface area contributed by atoms with Gasteiger partial charge in [-0.1, -0.05) is 12.2 Å². The van der Waals surface area contributed by atoms with Crippen LogP contribution in [0.2, 0.25) is 0 Å². The molecule has 1 heterocycles. The standard InChI is InChI=1S/C13H23N3OS2/c1-19-13(12(14)18)4-6-16(7-5-13)9-11(17)15-8-10-2-3-10/h10H,2-9H2,1H3,(H2,14,18)(H,15,17). The third-order valence-corrected chi connectivity index (χ3v) is 6.09. The van der Waals surface area contributed by atoms with Crippen molar-refractivity contribution in [2.75, 3.05) is 32.4 Å². The molecule has 0 radical (unpaired) electrons. The first-order chi connectivity index (χ1) is 9.05. The summed E-state index contributed by atoms with van der Waals surface area (Å²) in [6.45, 7) is 3.16. The van der Waals surface area contributed by atoms with E-state index in [1.54, 1.807) is 11.8 Å². The number of rotatable bonds is 6. The summed E-state index contributed by atoms with van der Waals surface area (Å²) in [7, 11) is 0. The van der Waals surface area contributed by atoms with E-state index in [1.807, 2.05) is 0 Å². The Morgan fingerprint density at radius 2 is 2.11 bits per heavy atom. The Labute approximate surface area is 124 Å². The molecular formula is C13H23N3OS2. The van der Waals surface area contributed by atoms with Crippen LogP contribution in [0.1, 0.15) is 25.7 Å². The molecule has 3 N–H and O–H groups in total. The lowest BCUT2D eigenvalue weighted by atomic mass is 9.95. The van der Waals surface area contributed by atoms with Gasteiger partial charge in [-0.25, -0.2) is 0 Å². The zero-order valence-electron chi connectivity index (χ0n) is 11.5. The molecule has 1 saturated heterocycles. The fourth-order valence-corrected chi connectivity index (χ4v) is 3.71. The predicted molar refractivity (Wildman–Crippen MR) is 84.4 cm³/mol. The quantitative estimate of drug-likeness (QED) is 0.717. The highest BCUT2D eigenvalue weighted by Gasteiger charge is 2.36. The summed E-state index contributed by atoms with van der Waals surface area (Å²) >= 11 is 6.94. The van der Waals surface area contributed by atoms with E-state index in [0.717, 1.165) is 38.4 Å². The smallest absolute Gasteiger partial charge is 0.234 e. The number of nitrogens with zero attached hydrogens (tertiary/aromatic N) is 1. The maximum Gasteiger partial charge on any atom is 0.234 e. The molecule has 1 saturated carbocycles. The summed E-state index contributed by atoms with van der Waals surface area (Å²) in [5.74, 6) is 0.892. The van der Waals surface area contributed by atoms with Crippen LogP contribution in [0, 0.1) is 5.92 Å². The van der Waals surface area contributed by atoms with Gasteiger partial charge in [0.2, 0.25) is 5.91 Å². The van der Waals surface area contributed by atoms with Crippen molar-refractivity contribution in [3.05, 3.63) is 0 Å². The lowest BCUT2D eigenvalue weighted by molar-refractivity contribution is -0.122. The van der Waals surface area contributed by atoms with Crippen molar-refractivity contribution in [1.82, 2.24) is 10.2 Å². The number of amides is 1. The normalized spacial score (nSPS) is 23.0. The molecular weight excluding hydrogens is 278 g/mol. The summed E-state index contributed by atoms with van der Waals surface area (Å²) in [5, 5.41) is 3.01. The lowest BCUT2D eigenvalue weighted by Gasteiger charge is -2.39. The van der Waals surface area contributed by atoms with Crippen LogP contribution >= 0.6 is 24.0 Å². The number of carbonyl (C=O) groups is 1. The zero-order chi connectivity index (χ0) is 13.9. The molecule has 6 heteroatoms. The Balaban J connectivity index is 1.72. The van der Waals surface area contributed by atoms with Gasteiger partial charge in [0.25, 0.3) is 0 Å². The lowest BCUT2D eigenvalue weighted by Crippen LogP contribution is -2.51. The highest BCUT2D eigenvalue weighted by atomic mass is 32.2. The van der Waals surface area contributed by atoms with Gasteiger partial charge in [-0.2, -0.15) is 11.8 Å². The van der Waals surface area contributed by atoms with Crippen LogP contribution < -0.4 is 11.1 Å². The van der Waals surface area contributed by atoms with E-state index in [-0.39, 0.29) is 10.7 Å². The Morgan fingerprint density at radius 3 is 2.58 bits per heavy atom. The highest BCUT2D eigenvalue weighted by Crippen LogP contribution is 2.34. The molecule has 0 aromatic heterocycles. The van der Waals surface area contributed by atoms with Crippen LogP contribution in [0.15, 0.2) is 0 Å². The average Bonchev–Trinajstić information content (AvgIpc) is 3.21. The number of thiocarbonyl (C=S) groups is 1. The minimum absolute atomic E-state index is 0.0592. The van der Waals surface area contributed by atoms with E-state index < -0.39 is 0 Å². The molecule has 4 nitrogen and oxygen atoms in total. The van der Waals surface area contributed by atoms with Gasteiger partial charge in [-0.15, -0.1) is 0 Å². The number of carbonyl (C=O) groups excluding carboxylic acids is 1. The second-order valence-corrected chi connectivity index (χ2v) is 7.22. The third kappa shape index (κ3) is 4.07. The number of nitrogens with one attached hydrogen (secondary N) is 1. The second-order valence-electron chi connectivity index (χ2n) is 5.59. The largest absolute Gasteiger partial charge is 0.392 e. The number of hydrogen-bond acceptors (Lipinski definition) is 4. The topological polar surface area (TPSA) is 58.4 Å². The van der Waals surface area contributed by atoms with Crippen LogP contribution in [0.5, 0.6) is 0 Å². The maximum atomic E-state index is 11.8. The van der Waals surface area contributed by atoms with Crippen molar-refractivity contribution in [3.8, 4) is 0 Å². The molecule has 2 rings (SSSR count). The van der Waals surface area contributed by atoms with Crippen molar-refractivity contribution < 1.29 is 4.79 Å². The Morgan fingerprint density at radius 1 is 1.47 bits per heavy atom. The van der Waals surface area contributed by atoms with Gasteiger partial charge in [-0.05, 0) is 37.9 Å². The van der Waals surface area contributed by atoms with Gasteiger partial charge in [0, 0.05) is 19.6 Å². The molecule has 0 spiro atoms. The minimum Gasteiger partial charge on any atom is -0.392 e. The Kier molecular flexibility index (Phi) is 5.09. The predicted octanol–water partition coefficient (Wildman–Crippen LogP) is 0.996. The number of nitrogens with two attached hydrogens (primary N) is 1. The number of likely N-dealkylation sites (tertiary alicyclic amines) is 1. The molecule has 19 heavy (non-hydrogen) atoms. The van der Waals surface area contributed by atoms with Crippen LogP contribution in [-0.2, 0) is 4.79 Å². The van der Waals surface area contributed by atoms with Crippen molar-refractivity contribution in [1.29, 1.82) is 0 Å². The number of thioether (sulfide) groups is 1. The molecule has 1 amide bonds. The van der Waals surface area contributed by atoms with Crippen LogP contribution in [0.3, 0.4) is 0 Å². The monoisotopic (exact) mass is 301 g/mol. The summed E-state index contributed by atoms with van der Waals surface area (Å²) in [6.07, 6.45) is 6.50. The fraction of sp³-hybridized carbons (Fsp3) is 0.846. The van der Waals surface area contributed by atoms with Crippen LogP contribution in [0.25, 0.3) is 0 Å². The maximum absolute atomic E-state index is 11.8. The molecule has 1 aliphatic heterocycles. The molecule has 0 aromatic rings. The molecule has 1 aliphatic carbocycles. The van der Waals surface area contributed by atoms with Gasteiger partial charge in [0.05, 0.1) is 16.3 Å². The van der Waals surface area contributed by atoms with Gasteiger partial charge >= 0.3 is 0 Å². The molecule has 0 bridgehead atoms. The van der Waals surface area contributed by atoms with Crippen LogP contribution in [0.4, 0.5) is 0 Å². The zero-order valence-corrected chi connectivity index (χ0v) is 13.1. The summed E-state index contributed by atoms with van der Waals surface area (Å²) in [4.78, 5) is 14.6. The third-order valence-electron chi connectivity index (χ3n) is 4.16. The number of hydrogen-bond donors (Lipinski definition) is 2. The summed E-state index contributed by atoms with van der Waals surface area (Å²) in [5.41, 5.74) is 5.86. The number of piperidine rings is 1. The molecule has 0 aromatic carbocycles. The van der Waals surface area contributed by atoms with Crippen molar-refractivity contribution in [3.63, 3.8) is 0 Å². The highest BCUT2D eigenvalue weighted by molar-refractivity contribution is 8.02. The summed E-state index contributed by atoms with van der Waals surface area (Å²) in [6, 6.07) is 0. The van der Waals surface area contributed by atoms with Crippen molar-refractivity contribution >= 4 is 34.9 Å². The fourth-order valence-electron chi connectivity index (χ4n) is 2.46. The van der Waals surface area contributed by atoms with E-state index in [1.165, 1.54) is 12.8 Å². The van der Waals surface area contributed by atoms with Gasteiger partial charge < -0.3 is 11.1 Å². The van der Waals surface area contributed by atoms with E-state index in [4.69, 9.17) is 18.0 Å². The Hall–Kier alpha value is -0.330. The first-order valence-electron chi connectivity index (χ1n) is 6.90. The SMILES string of the molecule is CSC1(C(N)=S)CCN(CC(=O)NCC2CC2)CC1. The second kappa shape index (κ2) is 6.41. The van der Waals surface area contributed by atoms with E-state index in [9.17, 15) is 4.79 Å². The van der Waals surface area contributed by atoms with Gasteiger partial charge in [-0.3, -0.25) is 9.69 Å². The molecule has 0 unspecified atom stereocenters. The van der Waals surface area contributed by atoms with Crippen LogP contribution in [-0.4, -0.2) is 53.0 Å². The summed E-state index contributed by atoms with van der Waals surface area (Å²) < 4.78 is -0.0592. The molecule has 2 aliphatic rings. The Bertz CT molecular complexity index is 350. The minimum atomic E-state index is -0.0592. The van der Waals surface area contributed by atoms with E-state index in [0.29, 0.717) is 11.5 Å². The molecule has 2 fully saturated rings. The first kappa shape index (κ1) is 15.1.